The van der Waals surface area contributed by atoms with Gasteiger partial charge in [-0.2, -0.15) is 10.1 Å². The molecule has 0 bridgehead atoms. The molecule has 3 aromatic heterocycles. The summed E-state index contributed by atoms with van der Waals surface area (Å²) in [5.74, 6) is -0.787. The Balaban J connectivity index is 0.987. The zero-order valence-corrected chi connectivity index (χ0v) is 25.7. The van der Waals surface area contributed by atoms with Gasteiger partial charge in [-0.25, -0.2) is 18.6 Å². The van der Waals surface area contributed by atoms with Crippen LogP contribution in [0.5, 0.6) is 5.88 Å². The van der Waals surface area contributed by atoms with E-state index in [0.717, 1.165) is 71.7 Å². The monoisotopic (exact) mass is 628 g/mol. The minimum absolute atomic E-state index is 0.0429. The van der Waals surface area contributed by atoms with Crippen molar-refractivity contribution in [1.29, 1.82) is 0 Å². The second-order valence-electron chi connectivity index (χ2n) is 12.7. The fraction of sp³-hybridized carbons (Fsp3) is 0.412. The van der Waals surface area contributed by atoms with E-state index in [1.165, 1.54) is 7.11 Å². The number of pyridine rings is 1. The molecule has 1 spiro atoms. The summed E-state index contributed by atoms with van der Waals surface area (Å²) in [6.07, 6.45) is 5.66. The van der Waals surface area contributed by atoms with E-state index in [1.54, 1.807) is 10.7 Å². The molecule has 5 aromatic rings. The first kappa shape index (κ1) is 28.9. The fourth-order valence-electron chi connectivity index (χ4n) is 7.10. The number of carbonyl (C=O) groups excluding carboxylic acids is 1. The van der Waals surface area contributed by atoms with Crippen molar-refractivity contribution in [3.63, 3.8) is 0 Å². The van der Waals surface area contributed by atoms with Gasteiger partial charge >= 0.3 is 5.97 Å². The number of benzene rings is 2. The zero-order valence-electron chi connectivity index (χ0n) is 25.7. The minimum Gasteiger partial charge on any atom is -0.471 e. The third-order valence-corrected chi connectivity index (χ3v) is 9.88. The molecule has 8 rings (SSSR count). The van der Waals surface area contributed by atoms with Gasteiger partial charge in [0.25, 0.3) is 5.88 Å². The van der Waals surface area contributed by atoms with Crippen molar-refractivity contribution in [3.8, 4) is 5.88 Å². The first-order valence-corrected chi connectivity index (χ1v) is 15.7. The van der Waals surface area contributed by atoms with Crippen molar-refractivity contribution in [2.75, 3.05) is 31.7 Å². The molecule has 3 aliphatic rings. The fourth-order valence-corrected chi connectivity index (χ4v) is 7.10. The molecule has 46 heavy (non-hydrogen) atoms. The Labute approximate surface area is 263 Å². The Hall–Kier alpha value is -4.58. The van der Waals surface area contributed by atoms with E-state index >= 15 is 4.39 Å². The van der Waals surface area contributed by atoms with E-state index < -0.39 is 11.6 Å². The van der Waals surface area contributed by atoms with Crippen molar-refractivity contribution in [2.24, 2.45) is 12.5 Å². The van der Waals surface area contributed by atoms with Crippen molar-refractivity contribution in [3.05, 3.63) is 77.2 Å². The number of nitrogens with zero attached hydrogens (tertiary/aromatic N) is 6. The number of methoxy groups -OCH3 is 1. The van der Waals surface area contributed by atoms with Crippen LogP contribution in [0.1, 0.15) is 53.3 Å². The van der Waals surface area contributed by atoms with Crippen LogP contribution in [0.3, 0.4) is 0 Å². The number of imidazole rings is 1. The van der Waals surface area contributed by atoms with E-state index in [1.807, 2.05) is 48.5 Å². The third-order valence-electron chi connectivity index (χ3n) is 9.88. The lowest BCUT2D eigenvalue weighted by molar-refractivity contribution is -0.0590. The lowest BCUT2D eigenvalue weighted by Gasteiger charge is -2.34. The second-order valence-corrected chi connectivity index (χ2v) is 12.7. The van der Waals surface area contributed by atoms with E-state index in [4.69, 9.17) is 19.2 Å². The van der Waals surface area contributed by atoms with Gasteiger partial charge in [-0.3, -0.25) is 4.68 Å². The van der Waals surface area contributed by atoms with Crippen LogP contribution in [0.15, 0.2) is 48.7 Å². The Morgan fingerprint density at radius 3 is 2.65 bits per heavy atom. The van der Waals surface area contributed by atoms with Crippen LogP contribution < -0.4 is 9.64 Å². The molecular formula is C34H34F2N6O4. The molecule has 1 aliphatic carbocycles. The lowest BCUT2D eigenvalue weighted by atomic mass is 9.90. The summed E-state index contributed by atoms with van der Waals surface area (Å²) in [5.41, 5.74) is 3.90. The Morgan fingerprint density at radius 1 is 1.07 bits per heavy atom. The van der Waals surface area contributed by atoms with Crippen LogP contribution in [0.25, 0.3) is 21.9 Å². The van der Waals surface area contributed by atoms with Gasteiger partial charge in [0.1, 0.15) is 12.4 Å². The zero-order chi connectivity index (χ0) is 31.6. The first-order valence-electron chi connectivity index (χ1n) is 15.7. The lowest BCUT2D eigenvalue weighted by Crippen LogP contribution is -2.36. The highest BCUT2D eigenvalue weighted by atomic mass is 19.1. The highest BCUT2D eigenvalue weighted by molar-refractivity contribution is 5.93. The molecule has 1 unspecified atom stereocenters. The van der Waals surface area contributed by atoms with Crippen LogP contribution in [-0.4, -0.2) is 63.2 Å². The largest absolute Gasteiger partial charge is 0.471 e. The maximum absolute atomic E-state index is 15.1. The van der Waals surface area contributed by atoms with Gasteiger partial charge in [0.15, 0.2) is 17.5 Å². The number of aryl methyl sites for hydroxylation is 1. The molecule has 5 heterocycles. The van der Waals surface area contributed by atoms with Crippen LogP contribution in [-0.2, 0) is 29.7 Å². The molecule has 238 valence electrons. The van der Waals surface area contributed by atoms with Gasteiger partial charge < -0.3 is 23.7 Å². The number of halogens is 2. The first-order chi connectivity index (χ1) is 22.3. The SMILES string of the molecule is COC(=O)c1ccc2nc(C3CC34CCN(c3nc(OCc5ccc6cn(C)nc6c5)c(F)cc3F)CC4)n(C[C@@H]3CCO3)c2c1. The summed E-state index contributed by atoms with van der Waals surface area (Å²) < 4.78 is 50.3. The molecule has 2 atom stereocenters. The quantitative estimate of drug-likeness (QED) is 0.207. The van der Waals surface area contributed by atoms with Gasteiger partial charge in [0.2, 0.25) is 0 Å². The molecule has 2 saturated heterocycles. The normalized spacial score (nSPS) is 20.3. The molecular weight excluding hydrogens is 594 g/mol. The third kappa shape index (κ3) is 5.04. The summed E-state index contributed by atoms with van der Waals surface area (Å²) in [4.78, 5) is 23.5. The summed E-state index contributed by atoms with van der Waals surface area (Å²) in [5, 5.41) is 5.41. The number of ether oxygens (including phenoxy) is 3. The predicted octanol–water partition coefficient (Wildman–Crippen LogP) is 5.52. The van der Waals surface area contributed by atoms with Gasteiger partial charge in [0, 0.05) is 50.3 Å². The number of fused-ring (bicyclic) bond motifs is 2. The average molecular weight is 629 g/mol. The average Bonchev–Trinajstić information content (AvgIpc) is 3.39. The van der Waals surface area contributed by atoms with Gasteiger partial charge in [0.05, 0.1) is 41.9 Å². The highest BCUT2D eigenvalue weighted by Crippen LogP contribution is 2.65. The molecule has 2 aliphatic heterocycles. The molecule has 1 saturated carbocycles. The molecule has 12 heteroatoms. The van der Waals surface area contributed by atoms with Gasteiger partial charge in [-0.1, -0.05) is 12.1 Å². The predicted molar refractivity (Wildman–Crippen MR) is 166 cm³/mol. The molecule has 10 nitrogen and oxygen atoms in total. The number of rotatable bonds is 8. The van der Waals surface area contributed by atoms with Crippen molar-refractivity contribution >= 4 is 33.7 Å². The van der Waals surface area contributed by atoms with Gasteiger partial charge in [-0.15, -0.1) is 0 Å². The van der Waals surface area contributed by atoms with Crippen molar-refractivity contribution < 1.29 is 27.8 Å². The van der Waals surface area contributed by atoms with Crippen LogP contribution in [0.4, 0.5) is 14.6 Å². The van der Waals surface area contributed by atoms with E-state index in [-0.39, 0.29) is 41.7 Å². The number of anilines is 1. The van der Waals surface area contributed by atoms with Crippen molar-refractivity contribution in [1.82, 2.24) is 24.3 Å². The standard InChI is InChI=1S/C34H34F2N6O4/c1-40-17-22-4-3-20(13-28(22)39-40)19-46-32-26(36)15-25(35)31(38-32)41-10-8-34(9-11-41)16-24(34)30-37-27-6-5-21(33(43)44-2)14-29(27)42(30)18-23-7-12-45-23/h3-6,13-15,17,23-24H,7-12,16,18-19H2,1-2H3/t23-,24?/m0/s1. The topological polar surface area (TPSA) is 96.5 Å². The van der Waals surface area contributed by atoms with Gasteiger partial charge in [-0.05, 0) is 60.9 Å². The summed E-state index contributed by atoms with van der Waals surface area (Å²) in [7, 11) is 3.23. The Morgan fingerprint density at radius 2 is 1.89 bits per heavy atom. The molecule has 2 aromatic carbocycles. The van der Waals surface area contributed by atoms with E-state index in [2.05, 4.69) is 14.6 Å². The van der Waals surface area contributed by atoms with Crippen LogP contribution in [0.2, 0.25) is 0 Å². The van der Waals surface area contributed by atoms with E-state index in [9.17, 15) is 9.18 Å². The number of carbonyl (C=O) groups is 1. The second kappa shape index (κ2) is 11.0. The maximum atomic E-state index is 15.1. The molecule has 0 radical (unpaired) electrons. The number of hydrogen-bond acceptors (Lipinski definition) is 8. The van der Waals surface area contributed by atoms with Crippen LogP contribution >= 0.6 is 0 Å². The summed E-state index contributed by atoms with van der Waals surface area (Å²) in [6.45, 7) is 2.68. The maximum Gasteiger partial charge on any atom is 0.337 e. The number of esters is 1. The minimum atomic E-state index is -0.833. The summed E-state index contributed by atoms with van der Waals surface area (Å²) >= 11 is 0. The van der Waals surface area contributed by atoms with Crippen molar-refractivity contribution in [2.45, 2.75) is 50.9 Å². The number of piperidine rings is 1. The number of aromatic nitrogens is 5. The molecule has 0 N–H and O–H groups in total. The van der Waals surface area contributed by atoms with Crippen LogP contribution in [0, 0.1) is 17.0 Å². The highest BCUT2D eigenvalue weighted by Gasteiger charge is 2.57. The smallest absolute Gasteiger partial charge is 0.337 e. The number of hydrogen-bond donors (Lipinski definition) is 0. The Kier molecular flexibility index (Phi) is 6.93. The molecule has 0 amide bonds. The Bertz CT molecular complexity index is 1980. The van der Waals surface area contributed by atoms with E-state index in [0.29, 0.717) is 25.2 Å². The summed E-state index contributed by atoms with van der Waals surface area (Å²) in [6, 6.07) is 12.1. The molecule has 3 fully saturated rings.